The maximum Gasteiger partial charge on any atom is 0.160 e. The second kappa shape index (κ2) is 3.35. The highest BCUT2D eigenvalue weighted by atomic mass is 16.7. The smallest absolute Gasteiger partial charge is 0.160 e. The van der Waals surface area contributed by atoms with E-state index in [9.17, 15) is 0 Å². The first kappa shape index (κ1) is 8.52. The van der Waals surface area contributed by atoms with Crippen LogP contribution in [0.4, 0.5) is 0 Å². The highest BCUT2D eigenvalue weighted by Gasteiger charge is 2.41. The summed E-state index contributed by atoms with van der Waals surface area (Å²) in [7, 11) is 0. The molecule has 0 unspecified atom stereocenters. The molecule has 0 aliphatic carbocycles. The summed E-state index contributed by atoms with van der Waals surface area (Å²) in [4.78, 5) is 0. The van der Waals surface area contributed by atoms with Crippen LogP contribution in [0.3, 0.4) is 0 Å². The quantitative estimate of drug-likeness (QED) is 0.631. The van der Waals surface area contributed by atoms with Crippen molar-refractivity contribution in [1.29, 1.82) is 0 Å². The summed E-state index contributed by atoms with van der Waals surface area (Å²) >= 11 is 0. The van der Waals surface area contributed by atoms with Crippen molar-refractivity contribution in [3.8, 4) is 0 Å². The number of hydrogen-bond donors (Lipinski definition) is 0. The molecule has 3 atom stereocenters. The zero-order valence-corrected chi connectivity index (χ0v) is 7.95. The standard InChI is InChI=1S/C10H18O2/c1-7(2)5-8-6-12-10-9(8)3-4-11-10/h7-10H,3-6H2,1-2H3/t8-,9-,10+/m0/s1. The van der Waals surface area contributed by atoms with E-state index in [0.717, 1.165) is 25.0 Å². The molecule has 0 radical (unpaired) electrons. The number of hydrogen-bond acceptors (Lipinski definition) is 2. The molecule has 2 heteroatoms. The summed E-state index contributed by atoms with van der Waals surface area (Å²) in [6, 6.07) is 0. The molecule has 12 heavy (non-hydrogen) atoms. The van der Waals surface area contributed by atoms with Crippen LogP contribution in [0.25, 0.3) is 0 Å². The topological polar surface area (TPSA) is 18.5 Å². The van der Waals surface area contributed by atoms with Gasteiger partial charge in [0.2, 0.25) is 0 Å². The van der Waals surface area contributed by atoms with Crippen molar-refractivity contribution in [2.75, 3.05) is 13.2 Å². The Hall–Kier alpha value is -0.0800. The summed E-state index contributed by atoms with van der Waals surface area (Å²) in [5, 5.41) is 0. The summed E-state index contributed by atoms with van der Waals surface area (Å²) in [6.07, 6.45) is 2.65. The van der Waals surface area contributed by atoms with E-state index in [1.165, 1.54) is 12.8 Å². The van der Waals surface area contributed by atoms with Gasteiger partial charge in [-0.3, -0.25) is 0 Å². The fraction of sp³-hybridized carbons (Fsp3) is 1.00. The molecule has 0 aromatic rings. The number of fused-ring (bicyclic) bond motifs is 1. The molecule has 0 spiro atoms. The van der Waals surface area contributed by atoms with E-state index in [1.54, 1.807) is 0 Å². The van der Waals surface area contributed by atoms with Crippen molar-refractivity contribution in [3.63, 3.8) is 0 Å². The third-order valence-corrected chi connectivity index (χ3v) is 2.94. The van der Waals surface area contributed by atoms with Crippen LogP contribution in [-0.4, -0.2) is 19.5 Å². The lowest BCUT2D eigenvalue weighted by Gasteiger charge is -2.16. The van der Waals surface area contributed by atoms with Gasteiger partial charge < -0.3 is 9.47 Å². The van der Waals surface area contributed by atoms with Gasteiger partial charge in [-0.25, -0.2) is 0 Å². The SMILES string of the molecule is CC(C)C[C@H]1CO[C@H]2OCC[C@@H]12. The average molecular weight is 170 g/mol. The van der Waals surface area contributed by atoms with Gasteiger partial charge in [0.1, 0.15) is 0 Å². The molecule has 2 aliphatic rings. The van der Waals surface area contributed by atoms with Crippen LogP contribution in [0.5, 0.6) is 0 Å². The predicted octanol–water partition coefficient (Wildman–Crippen LogP) is 2.04. The van der Waals surface area contributed by atoms with Gasteiger partial charge in [-0.2, -0.15) is 0 Å². The molecular weight excluding hydrogens is 152 g/mol. The highest BCUT2D eigenvalue weighted by Crippen LogP contribution is 2.38. The normalized spacial score (nSPS) is 40.8. The van der Waals surface area contributed by atoms with E-state index in [0.29, 0.717) is 5.92 Å². The van der Waals surface area contributed by atoms with Crippen LogP contribution in [0.2, 0.25) is 0 Å². The van der Waals surface area contributed by atoms with Crippen molar-refractivity contribution in [2.45, 2.75) is 33.0 Å². The van der Waals surface area contributed by atoms with E-state index < -0.39 is 0 Å². The van der Waals surface area contributed by atoms with E-state index >= 15 is 0 Å². The van der Waals surface area contributed by atoms with Gasteiger partial charge in [-0.1, -0.05) is 13.8 Å². The monoisotopic (exact) mass is 170 g/mol. The third-order valence-electron chi connectivity index (χ3n) is 2.94. The van der Waals surface area contributed by atoms with Gasteiger partial charge in [-0.15, -0.1) is 0 Å². The Morgan fingerprint density at radius 2 is 2.17 bits per heavy atom. The van der Waals surface area contributed by atoms with Crippen LogP contribution in [0, 0.1) is 17.8 Å². The molecule has 70 valence electrons. The molecule has 0 amide bonds. The molecule has 2 aliphatic heterocycles. The lowest BCUT2D eigenvalue weighted by Crippen LogP contribution is -2.16. The molecule has 2 rings (SSSR count). The molecule has 2 heterocycles. The van der Waals surface area contributed by atoms with Gasteiger partial charge >= 0.3 is 0 Å². The molecule has 2 fully saturated rings. The summed E-state index contributed by atoms with van der Waals surface area (Å²) < 4.78 is 11.0. The number of ether oxygens (including phenoxy) is 2. The molecule has 0 saturated carbocycles. The zero-order valence-electron chi connectivity index (χ0n) is 7.95. The first-order valence-corrected chi connectivity index (χ1v) is 5.00. The van der Waals surface area contributed by atoms with Crippen molar-refractivity contribution in [3.05, 3.63) is 0 Å². The number of rotatable bonds is 2. The summed E-state index contributed by atoms with van der Waals surface area (Å²) in [5.41, 5.74) is 0. The van der Waals surface area contributed by atoms with Gasteiger partial charge in [0.25, 0.3) is 0 Å². The van der Waals surface area contributed by atoms with Crippen LogP contribution in [0.15, 0.2) is 0 Å². The Kier molecular flexibility index (Phi) is 2.37. The van der Waals surface area contributed by atoms with Crippen LogP contribution < -0.4 is 0 Å². The lowest BCUT2D eigenvalue weighted by atomic mass is 9.87. The summed E-state index contributed by atoms with van der Waals surface area (Å²) in [6.45, 7) is 6.39. The minimum Gasteiger partial charge on any atom is -0.352 e. The van der Waals surface area contributed by atoms with E-state index in [2.05, 4.69) is 13.8 Å². The maximum atomic E-state index is 5.57. The first-order valence-electron chi connectivity index (χ1n) is 5.00. The van der Waals surface area contributed by atoms with E-state index in [-0.39, 0.29) is 6.29 Å². The van der Waals surface area contributed by atoms with Crippen molar-refractivity contribution < 1.29 is 9.47 Å². The fourth-order valence-corrected chi connectivity index (χ4v) is 2.40. The van der Waals surface area contributed by atoms with Crippen LogP contribution in [-0.2, 0) is 9.47 Å². The zero-order chi connectivity index (χ0) is 8.55. The van der Waals surface area contributed by atoms with Gasteiger partial charge in [0.15, 0.2) is 6.29 Å². The Morgan fingerprint density at radius 1 is 1.33 bits per heavy atom. The highest BCUT2D eigenvalue weighted by molar-refractivity contribution is 4.83. The Balaban J connectivity index is 1.91. The average Bonchev–Trinajstić information content (AvgIpc) is 2.52. The fourth-order valence-electron chi connectivity index (χ4n) is 2.40. The second-order valence-corrected chi connectivity index (χ2v) is 4.41. The molecular formula is C10H18O2. The molecule has 0 N–H and O–H groups in total. The van der Waals surface area contributed by atoms with Gasteiger partial charge in [0, 0.05) is 5.92 Å². The van der Waals surface area contributed by atoms with Crippen molar-refractivity contribution in [2.24, 2.45) is 17.8 Å². The minimum absolute atomic E-state index is 0.147. The van der Waals surface area contributed by atoms with Crippen molar-refractivity contribution >= 4 is 0 Å². The Bertz CT molecular complexity index is 156. The lowest BCUT2D eigenvalue weighted by molar-refractivity contribution is -0.0905. The minimum atomic E-state index is 0.147. The second-order valence-electron chi connectivity index (χ2n) is 4.41. The van der Waals surface area contributed by atoms with Gasteiger partial charge in [0.05, 0.1) is 13.2 Å². The van der Waals surface area contributed by atoms with Crippen LogP contribution in [0.1, 0.15) is 26.7 Å². The summed E-state index contributed by atoms with van der Waals surface area (Å²) in [5.74, 6) is 2.25. The third kappa shape index (κ3) is 1.50. The van der Waals surface area contributed by atoms with Gasteiger partial charge in [-0.05, 0) is 24.7 Å². The predicted molar refractivity (Wildman–Crippen MR) is 46.7 cm³/mol. The maximum absolute atomic E-state index is 5.57. The molecule has 0 aromatic heterocycles. The van der Waals surface area contributed by atoms with E-state index in [4.69, 9.17) is 9.47 Å². The first-order chi connectivity index (χ1) is 5.77. The Labute approximate surface area is 74.2 Å². The van der Waals surface area contributed by atoms with Crippen LogP contribution >= 0.6 is 0 Å². The Morgan fingerprint density at radius 3 is 2.92 bits per heavy atom. The molecule has 2 saturated heterocycles. The van der Waals surface area contributed by atoms with Crippen molar-refractivity contribution in [1.82, 2.24) is 0 Å². The molecule has 0 aromatic carbocycles. The molecule has 2 nitrogen and oxygen atoms in total. The largest absolute Gasteiger partial charge is 0.352 e. The van der Waals surface area contributed by atoms with E-state index in [1.807, 2.05) is 0 Å². The molecule has 0 bridgehead atoms.